The molecule has 0 aliphatic heterocycles. The van der Waals surface area contributed by atoms with E-state index < -0.39 is 5.51 Å². The summed E-state index contributed by atoms with van der Waals surface area (Å²) in [5, 5.41) is 0. The minimum absolute atomic E-state index is 0.118. The molecule has 0 radical (unpaired) electrons. The van der Waals surface area contributed by atoms with Gasteiger partial charge in [0.15, 0.2) is 0 Å². The first kappa shape index (κ1) is 15.7. The third kappa shape index (κ3) is 5.86. The number of hydrogen-bond donors (Lipinski definition) is 0. The second-order valence-electron chi connectivity index (χ2n) is 5.18. The fourth-order valence-electron chi connectivity index (χ4n) is 2.49. The van der Waals surface area contributed by atoms with Crippen LogP contribution in [-0.4, -0.2) is 16.1 Å². The maximum atomic E-state index is 12.1. The van der Waals surface area contributed by atoms with Crippen molar-refractivity contribution < 1.29 is 13.2 Å². The number of alkyl halides is 4. The average molecular weight is 333 g/mol. The summed E-state index contributed by atoms with van der Waals surface area (Å²) in [6, 6.07) is 0. The molecule has 0 N–H and O–H groups in total. The third-order valence-corrected chi connectivity index (χ3v) is 5.60. The summed E-state index contributed by atoms with van der Waals surface area (Å²) in [5.74, 6) is 1.93. The van der Waals surface area contributed by atoms with Gasteiger partial charge in [-0.05, 0) is 43.4 Å². The lowest BCUT2D eigenvalue weighted by atomic mass is 9.75. The monoisotopic (exact) mass is 332 g/mol. The van der Waals surface area contributed by atoms with Gasteiger partial charge in [-0.25, -0.2) is 0 Å². The minimum Gasteiger partial charge on any atom is -0.160 e. The van der Waals surface area contributed by atoms with Gasteiger partial charge in [-0.2, -0.15) is 13.2 Å². The zero-order valence-corrected chi connectivity index (χ0v) is 12.7. The molecule has 0 nitrogen and oxygen atoms in total. The van der Waals surface area contributed by atoms with Gasteiger partial charge in [-0.3, -0.25) is 0 Å². The Kier molecular flexibility index (Phi) is 6.17. The molecule has 0 spiro atoms. The Morgan fingerprint density at radius 3 is 2.47 bits per heavy atom. The zero-order valence-electron chi connectivity index (χ0n) is 10.3. The van der Waals surface area contributed by atoms with Gasteiger partial charge in [0.25, 0.3) is 0 Å². The summed E-state index contributed by atoms with van der Waals surface area (Å²) in [5.41, 5.74) is -4.08. The molecule has 102 valence electrons. The molecular formula is C12H20BrF3S. The van der Waals surface area contributed by atoms with Crippen LogP contribution in [0, 0.1) is 17.8 Å². The first-order chi connectivity index (χ1) is 7.79. The van der Waals surface area contributed by atoms with Gasteiger partial charge in [0.1, 0.15) is 0 Å². The Morgan fingerprint density at radius 1 is 1.29 bits per heavy atom. The van der Waals surface area contributed by atoms with E-state index in [1.165, 1.54) is 6.42 Å². The highest BCUT2D eigenvalue weighted by molar-refractivity contribution is 9.09. The van der Waals surface area contributed by atoms with Crippen molar-refractivity contribution in [1.82, 2.24) is 0 Å². The average Bonchev–Trinajstić information content (AvgIpc) is 2.18. The van der Waals surface area contributed by atoms with Crippen LogP contribution in [0.15, 0.2) is 0 Å². The molecule has 5 heteroatoms. The number of halogens is 4. The molecule has 1 fully saturated rings. The SMILES string of the molecule is CC(C)C1CCC(Br)C(CCSC(F)(F)F)C1. The predicted octanol–water partition coefficient (Wildman–Crippen LogP) is 5.47. The number of thioether (sulfide) groups is 1. The third-order valence-electron chi connectivity index (χ3n) is 3.63. The summed E-state index contributed by atoms with van der Waals surface area (Å²) in [7, 11) is 0. The normalized spacial score (nSPS) is 30.9. The van der Waals surface area contributed by atoms with E-state index in [9.17, 15) is 13.2 Å². The molecule has 1 saturated carbocycles. The Balaban J connectivity index is 2.35. The molecule has 3 atom stereocenters. The lowest BCUT2D eigenvalue weighted by Gasteiger charge is -2.35. The van der Waals surface area contributed by atoms with Gasteiger partial charge in [-0.1, -0.05) is 41.5 Å². The summed E-state index contributed by atoms with van der Waals surface area (Å²) in [4.78, 5) is 0.409. The smallest absolute Gasteiger partial charge is 0.160 e. The number of hydrogen-bond acceptors (Lipinski definition) is 1. The Morgan fingerprint density at radius 2 is 1.94 bits per heavy atom. The van der Waals surface area contributed by atoms with Gasteiger partial charge in [0, 0.05) is 10.6 Å². The molecular weight excluding hydrogens is 313 g/mol. The van der Waals surface area contributed by atoms with Gasteiger partial charge < -0.3 is 0 Å². The molecule has 0 amide bonds. The molecule has 1 rings (SSSR count). The molecule has 3 unspecified atom stereocenters. The molecule has 0 aromatic rings. The Bertz CT molecular complexity index is 230. The van der Waals surface area contributed by atoms with E-state index >= 15 is 0 Å². The Hall–Kier alpha value is 0.620. The second kappa shape index (κ2) is 6.69. The van der Waals surface area contributed by atoms with Crippen LogP contribution in [0.3, 0.4) is 0 Å². The van der Waals surface area contributed by atoms with Gasteiger partial charge in [0.2, 0.25) is 0 Å². The fraction of sp³-hybridized carbons (Fsp3) is 1.00. The van der Waals surface area contributed by atoms with Crippen molar-refractivity contribution in [3.63, 3.8) is 0 Å². The van der Waals surface area contributed by atoms with Crippen LogP contribution in [0.2, 0.25) is 0 Å². The maximum Gasteiger partial charge on any atom is 0.441 e. The fourth-order valence-corrected chi connectivity index (χ4v) is 3.89. The lowest BCUT2D eigenvalue weighted by Crippen LogP contribution is -2.28. The summed E-state index contributed by atoms with van der Waals surface area (Å²) in [6.45, 7) is 4.42. The Labute approximate surface area is 114 Å². The van der Waals surface area contributed by atoms with E-state index in [0.717, 1.165) is 12.8 Å². The highest BCUT2D eigenvalue weighted by Gasteiger charge is 2.32. The van der Waals surface area contributed by atoms with Crippen LogP contribution in [0.25, 0.3) is 0 Å². The molecule has 0 heterocycles. The van der Waals surface area contributed by atoms with Crippen LogP contribution in [0.4, 0.5) is 13.2 Å². The lowest BCUT2D eigenvalue weighted by molar-refractivity contribution is -0.0328. The largest absolute Gasteiger partial charge is 0.441 e. The van der Waals surface area contributed by atoms with Gasteiger partial charge in [-0.15, -0.1) is 0 Å². The van der Waals surface area contributed by atoms with E-state index in [2.05, 4.69) is 29.8 Å². The van der Waals surface area contributed by atoms with Crippen molar-refractivity contribution in [2.75, 3.05) is 5.75 Å². The van der Waals surface area contributed by atoms with Crippen molar-refractivity contribution in [2.24, 2.45) is 17.8 Å². The van der Waals surface area contributed by atoms with E-state index in [1.807, 2.05) is 0 Å². The van der Waals surface area contributed by atoms with Crippen LogP contribution < -0.4 is 0 Å². The van der Waals surface area contributed by atoms with Crippen molar-refractivity contribution in [3.8, 4) is 0 Å². The van der Waals surface area contributed by atoms with Gasteiger partial charge >= 0.3 is 5.51 Å². The summed E-state index contributed by atoms with van der Waals surface area (Å²) < 4.78 is 36.2. The number of rotatable bonds is 4. The predicted molar refractivity (Wildman–Crippen MR) is 71.5 cm³/mol. The highest BCUT2D eigenvalue weighted by Crippen LogP contribution is 2.40. The first-order valence-corrected chi connectivity index (χ1v) is 8.04. The quantitative estimate of drug-likeness (QED) is 0.615. The molecule has 0 aromatic carbocycles. The molecule has 1 aliphatic carbocycles. The molecule has 0 aromatic heterocycles. The zero-order chi connectivity index (χ0) is 13.1. The van der Waals surface area contributed by atoms with Crippen LogP contribution in [0.5, 0.6) is 0 Å². The summed E-state index contributed by atoms with van der Waals surface area (Å²) in [6.07, 6.45) is 4.05. The van der Waals surface area contributed by atoms with Crippen molar-refractivity contribution in [3.05, 3.63) is 0 Å². The molecule has 0 saturated heterocycles. The van der Waals surface area contributed by atoms with Crippen molar-refractivity contribution in [1.29, 1.82) is 0 Å². The van der Waals surface area contributed by atoms with E-state index in [-0.39, 0.29) is 17.5 Å². The summed E-state index contributed by atoms with van der Waals surface area (Å²) >= 11 is 3.74. The highest BCUT2D eigenvalue weighted by atomic mass is 79.9. The minimum atomic E-state index is -4.08. The van der Waals surface area contributed by atoms with Crippen LogP contribution in [0.1, 0.15) is 39.5 Å². The van der Waals surface area contributed by atoms with E-state index in [0.29, 0.717) is 29.0 Å². The van der Waals surface area contributed by atoms with Crippen LogP contribution in [-0.2, 0) is 0 Å². The topological polar surface area (TPSA) is 0 Å². The molecule has 17 heavy (non-hydrogen) atoms. The second-order valence-corrected chi connectivity index (χ2v) is 7.51. The van der Waals surface area contributed by atoms with Crippen LogP contribution >= 0.6 is 27.7 Å². The molecule has 1 aliphatic rings. The maximum absolute atomic E-state index is 12.1. The standard InChI is InChI=1S/C12H20BrF3S/c1-8(2)9-3-4-11(13)10(7-9)5-6-17-12(14,15)16/h8-11H,3-7H2,1-2H3. The van der Waals surface area contributed by atoms with Crippen molar-refractivity contribution >= 4 is 27.7 Å². The van der Waals surface area contributed by atoms with Gasteiger partial charge in [0.05, 0.1) is 0 Å². The van der Waals surface area contributed by atoms with E-state index in [4.69, 9.17) is 0 Å². The molecule has 0 bridgehead atoms. The van der Waals surface area contributed by atoms with Crippen molar-refractivity contribution in [2.45, 2.75) is 49.9 Å². The van der Waals surface area contributed by atoms with E-state index in [1.54, 1.807) is 0 Å². The first-order valence-electron chi connectivity index (χ1n) is 6.14.